The Labute approximate surface area is 208 Å². The highest BCUT2D eigenvalue weighted by atomic mass is 33.1. The van der Waals surface area contributed by atoms with Crippen LogP contribution in [0.15, 0.2) is 0 Å². The molecule has 0 aliphatic carbocycles. The Balaban J connectivity index is 3.95. The van der Waals surface area contributed by atoms with Crippen LogP contribution in [-0.4, -0.2) is 56.1 Å². The molecule has 0 aromatic rings. The van der Waals surface area contributed by atoms with E-state index in [1.807, 2.05) is 21.6 Å². The van der Waals surface area contributed by atoms with E-state index in [0.717, 1.165) is 46.3 Å². The maximum absolute atomic E-state index is 5.67. The Morgan fingerprint density at radius 1 is 0.552 bits per heavy atom. The van der Waals surface area contributed by atoms with E-state index < -0.39 is 0 Å². The minimum Gasteiger partial charge on any atom is -0.357 e. The lowest BCUT2D eigenvalue weighted by Gasteiger charge is -2.24. The maximum atomic E-state index is 5.67. The summed E-state index contributed by atoms with van der Waals surface area (Å²) in [7, 11) is 7.42. The Hall–Kier alpha value is 1.18. The van der Waals surface area contributed by atoms with Crippen molar-refractivity contribution in [3.63, 3.8) is 0 Å². The van der Waals surface area contributed by atoms with Gasteiger partial charge >= 0.3 is 0 Å². The molecular weight excluding hydrogens is 473 g/mol. The van der Waals surface area contributed by atoms with E-state index >= 15 is 0 Å². The van der Waals surface area contributed by atoms with Crippen molar-refractivity contribution in [3.05, 3.63) is 0 Å². The van der Waals surface area contributed by atoms with Gasteiger partial charge in [0.05, 0.1) is 0 Å². The quantitative estimate of drug-likeness (QED) is 0.101. The number of nitrogens with zero attached hydrogens (tertiary/aromatic N) is 2. The molecule has 0 N–H and O–H groups in total. The average Bonchev–Trinajstić information content (AvgIpc) is 2.72. The van der Waals surface area contributed by atoms with Gasteiger partial charge in [0.15, 0.2) is 0 Å². The summed E-state index contributed by atoms with van der Waals surface area (Å²) in [6, 6.07) is 0. The Kier molecular flexibility index (Phi) is 23.3. The van der Waals surface area contributed by atoms with Crippen LogP contribution in [0.5, 0.6) is 0 Å². The van der Waals surface area contributed by atoms with Crippen LogP contribution in [0.2, 0.25) is 0 Å². The predicted molar refractivity (Wildman–Crippen MR) is 153 cm³/mol. The zero-order valence-corrected chi connectivity index (χ0v) is 23.8. The van der Waals surface area contributed by atoms with Gasteiger partial charge in [-0.3, -0.25) is 0 Å². The molecule has 0 heterocycles. The van der Waals surface area contributed by atoms with E-state index in [2.05, 4.69) is 37.5 Å². The van der Waals surface area contributed by atoms with Gasteiger partial charge < -0.3 is 9.80 Å². The number of hydrogen-bond acceptors (Lipinski definition) is 6. The van der Waals surface area contributed by atoms with E-state index in [0.29, 0.717) is 0 Å². The molecule has 0 spiro atoms. The first-order valence-electron chi connectivity index (χ1n) is 11.3. The van der Waals surface area contributed by atoms with Gasteiger partial charge in [-0.2, -0.15) is 0 Å². The van der Waals surface area contributed by atoms with E-state index in [-0.39, 0.29) is 0 Å². The molecular formula is C21H42N2S6. The van der Waals surface area contributed by atoms with Crippen LogP contribution in [0.3, 0.4) is 0 Å². The summed E-state index contributed by atoms with van der Waals surface area (Å²) >= 11 is 11.3. The molecule has 0 saturated carbocycles. The topological polar surface area (TPSA) is 6.48 Å². The fourth-order valence-electron chi connectivity index (χ4n) is 2.45. The molecule has 0 amide bonds. The molecule has 8 heteroatoms. The summed E-state index contributed by atoms with van der Waals surface area (Å²) in [5.41, 5.74) is 0. The van der Waals surface area contributed by atoms with Gasteiger partial charge in [-0.1, -0.05) is 99.4 Å². The first-order valence-corrected chi connectivity index (χ1v) is 16.7. The molecule has 0 aliphatic rings. The molecule has 0 fully saturated rings. The second kappa shape index (κ2) is 22.4. The molecule has 0 unspecified atom stereocenters. The molecule has 0 saturated heterocycles. The highest BCUT2D eigenvalue weighted by Gasteiger charge is 2.11. The Morgan fingerprint density at radius 2 is 0.862 bits per heavy atom. The number of unbranched alkanes of at least 4 members (excludes halogenated alkanes) is 4. The lowest BCUT2D eigenvalue weighted by atomic mass is 10.3. The van der Waals surface area contributed by atoms with Gasteiger partial charge in [-0.05, 0) is 53.7 Å². The van der Waals surface area contributed by atoms with Crippen molar-refractivity contribution in [3.8, 4) is 0 Å². The van der Waals surface area contributed by atoms with Gasteiger partial charge in [0.25, 0.3) is 0 Å². The second-order valence-corrected chi connectivity index (χ2v) is 13.2. The molecule has 0 rings (SSSR count). The monoisotopic (exact) mass is 514 g/mol. The third-order valence-corrected chi connectivity index (χ3v) is 10.6. The first-order chi connectivity index (χ1) is 14.1. The molecule has 0 bridgehead atoms. The summed E-state index contributed by atoms with van der Waals surface area (Å²) in [4.78, 5) is 4.81. The van der Waals surface area contributed by atoms with E-state index in [1.165, 1.54) is 57.8 Å². The Bertz CT molecular complexity index is 357. The normalized spacial score (nSPS) is 10.9. The molecule has 2 nitrogen and oxygen atoms in total. The lowest BCUT2D eigenvalue weighted by Crippen LogP contribution is -2.29. The summed E-state index contributed by atoms with van der Waals surface area (Å²) < 4.78 is 2.14. The van der Waals surface area contributed by atoms with Crippen LogP contribution in [0.1, 0.15) is 85.5 Å². The van der Waals surface area contributed by atoms with Crippen molar-refractivity contribution in [2.24, 2.45) is 0 Å². The van der Waals surface area contributed by atoms with Crippen molar-refractivity contribution in [2.75, 3.05) is 37.7 Å². The summed E-state index contributed by atoms with van der Waals surface area (Å²) in [5.74, 6) is 2.30. The molecule has 29 heavy (non-hydrogen) atoms. The van der Waals surface area contributed by atoms with Gasteiger partial charge in [-0.25, -0.2) is 0 Å². The third-order valence-electron chi connectivity index (χ3n) is 4.36. The predicted octanol–water partition coefficient (Wildman–Crippen LogP) is 8.51. The first kappa shape index (κ1) is 30.2. The van der Waals surface area contributed by atoms with Crippen LogP contribution < -0.4 is 0 Å². The Morgan fingerprint density at radius 3 is 1.14 bits per heavy atom. The lowest BCUT2D eigenvalue weighted by molar-refractivity contribution is 0.411. The fraction of sp³-hybridized carbons (Fsp3) is 0.905. The van der Waals surface area contributed by atoms with Gasteiger partial charge in [0, 0.05) is 37.7 Å². The minimum atomic E-state index is 1.07. The number of hydrogen-bond donors (Lipinski definition) is 0. The van der Waals surface area contributed by atoms with Crippen LogP contribution in [0.4, 0.5) is 0 Å². The highest BCUT2D eigenvalue weighted by molar-refractivity contribution is 8.84. The maximum Gasteiger partial charge on any atom is 0.147 e. The van der Waals surface area contributed by atoms with Gasteiger partial charge in [0.1, 0.15) is 8.64 Å². The number of thiocarbonyl (C=S) groups is 2. The fourth-order valence-corrected chi connectivity index (χ4v) is 7.78. The molecule has 0 aromatic heterocycles. The summed E-state index contributed by atoms with van der Waals surface area (Å²) in [6.07, 6.45) is 11.1. The zero-order chi connectivity index (χ0) is 21.7. The van der Waals surface area contributed by atoms with E-state index in [4.69, 9.17) is 24.4 Å². The van der Waals surface area contributed by atoms with Crippen LogP contribution in [0.25, 0.3) is 0 Å². The van der Waals surface area contributed by atoms with Crippen LogP contribution in [-0.2, 0) is 0 Å². The van der Waals surface area contributed by atoms with E-state index in [9.17, 15) is 0 Å². The number of rotatable bonds is 18. The van der Waals surface area contributed by atoms with Crippen LogP contribution >= 0.6 is 67.6 Å². The third kappa shape index (κ3) is 17.4. The minimum absolute atomic E-state index is 1.07. The van der Waals surface area contributed by atoms with Crippen molar-refractivity contribution >= 4 is 76.3 Å². The standard InChI is InChI=1S/C21H42N2S6/c1-5-9-14-22(15-10-6-2)20(24)28-26-18-13-19-27-29-21(25)23(16-11-7-3)17-12-8-4/h5-19H2,1-4H3. The van der Waals surface area contributed by atoms with Crippen molar-refractivity contribution < 1.29 is 0 Å². The molecule has 0 aromatic carbocycles. The second-order valence-electron chi connectivity index (χ2n) is 7.08. The summed E-state index contributed by atoms with van der Waals surface area (Å²) in [5, 5.41) is 0. The van der Waals surface area contributed by atoms with Crippen LogP contribution in [0, 0.1) is 0 Å². The van der Waals surface area contributed by atoms with Gasteiger partial charge in [0.2, 0.25) is 0 Å². The zero-order valence-electron chi connectivity index (χ0n) is 19.0. The smallest absolute Gasteiger partial charge is 0.147 e. The van der Waals surface area contributed by atoms with Crippen molar-refractivity contribution in [1.82, 2.24) is 9.80 Å². The highest BCUT2D eigenvalue weighted by Crippen LogP contribution is 2.30. The molecule has 172 valence electrons. The molecule has 0 aliphatic heterocycles. The molecule has 0 atom stereocenters. The van der Waals surface area contributed by atoms with Gasteiger partial charge in [-0.15, -0.1) is 0 Å². The largest absolute Gasteiger partial charge is 0.357 e. The SMILES string of the molecule is CCCCN(CCCC)C(=S)SSCCCSSC(=S)N(CCCC)CCCC. The molecule has 0 radical (unpaired) electrons. The van der Waals surface area contributed by atoms with E-state index in [1.54, 1.807) is 21.6 Å². The van der Waals surface area contributed by atoms with Crippen molar-refractivity contribution in [1.29, 1.82) is 0 Å². The van der Waals surface area contributed by atoms with Crippen molar-refractivity contribution in [2.45, 2.75) is 85.5 Å². The average molecular weight is 515 g/mol. The summed E-state index contributed by atoms with van der Waals surface area (Å²) in [6.45, 7) is 13.4.